The van der Waals surface area contributed by atoms with E-state index in [1.807, 2.05) is 12.1 Å². The van der Waals surface area contributed by atoms with Crippen molar-refractivity contribution in [2.75, 3.05) is 5.88 Å². The maximum absolute atomic E-state index is 12.4. The lowest BCUT2D eigenvalue weighted by molar-refractivity contribution is 0.484. The highest BCUT2D eigenvalue weighted by molar-refractivity contribution is 7.89. The lowest BCUT2D eigenvalue weighted by atomic mass is 10.0. The van der Waals surface area contributed by atoms with E-state index in [2.05, 4.69) is 11.6 Å². The van der Waals surface area contributed by atoms with Crippen molar-refractivity contribution in [3.05, 3.63) is 29.8 Å². The second-order valence-corrected chi connectivity index (χ2v) is 8.11. The van der Waals surface area contributed by atoms with Crippen LogP contribution in [0.3, 0.4) is 0 Å². The molecular weight excluding hydrogens is 306 g/mol. The molecule has 1 aromatic rings. The molecule has 0 saturated heterocycles. The van der Waals surface area contributed by atoms with Gasteiger partial charge in [0.15, 0.2) is 0 Å². The molecule has 1 aliphatic carbocycles. The third-order valence-electron chi connectivity index (χ3n) is 4.20. The molecule has 1 N–H and O–H groups in total. The summed E-state index contributed by atoms with van der Waals surface area (Å²) in [5, 5.41) is 0. The van der Waals surface area contributed by atoms with Crippen LogP contribution in [0.15, 0.2) is 29.2 Å². The Balaban J connectivity index is 2.03. The Labute approximate surface area is 133 Å². The number of hydrogen-bond donors (Lipinski definition) is 1. The van der Waals surface area contributed by atoms with E-state index in [0.29, 0.717) is 16.7 Å². The van der Waals surface area contributed by atoms with Gasteiger partial charge in [0.1, 0.15) is 0 Å². The van der Waals surface area contributed by atoms with Gasteiger partial charge in [-0.05, 0) is 49.3 Å². The highest BCUT2D eigenvalue weighted by Crippen LogP contribution is 2.24. The average Bonchev–Trinajstić information content (AvgIpc) is 2.64. The van der Waals surface area contributed by atoms with E-state index in [1.54, 1.807) is 12.1 Å². The predicted molar refractivity (Wildman–Crippen MR) is 87.2 cm³/mol. The number of aryl methyl sites for hydroxylation is 1. The predicted octanol–water partition coefficient (Wildman–Crippen LogP) is 3.72. The van der Waals surface area contributed by atoms with Crippen molar-refractivity contribution >= 4 is 21.6 Å². The van der Waals surface area contributed by atoms with Crippen LogP contribution in [0, 0.1) is 5.92 Å². The van der Waals surface area contributed by atoms with Crippen LogP contribution in [-0.4, -0.2) is 20.3 Å². The van der Waals surface area contributed by atoms with E-state index in [4.69, 9.17) is 11.6 Å². The van der Waals surface area contributed by atoms with Gasteiger partial charge in [-0.15, -0.1) is 11.6 Å². The molecule has 0 bridgehead atoms. The van der Waals surface area contributed by atoms with Gasteiger partial charge in [0.25, 0.3) is 0 Å². The van der Waals surface area contributed by atoms with Crippen LogP contribution in [0.25, 0.3) is 0 Å². The quantitative estimate of drug-likeness (QED) is 0.661. The van der Waals surface area contributed by atoms with Crippen LogP contribution >= 0.6 is 11.6 Å². The van der Waals surface area contributed by atoms with Crippen LogP contribution in [0.4, 0.5) is 0 Å². The molecule has 0 spiro atoms. The Kier molecular flexibility index (Phi) is 6.08. The van der Waals surface area contributed by atoms with Crippen LogP contribution in [0.1, 0.15) is 44.6 Å². The van der Waals surface area contributed by atoms with Gasteiger partial charge in [-0.25, -0.2) is 13.1 Å². The van der Waals surface area contributed by atoms with Crippen molar-refractivity contribution in [3.63, 3.8) is 0 Å². The fourth-order valence-electron chi connectivity index (χ4n) is 2.84. The van der Waals surface area contributed by atoms with Gasteiger partial charge >= 0.3 is 0 Å². The van der Waals surface area contributed by atoms with Crippen molar-refractivity contribution in [2.24, 2.45) is 5.92 Å². The minimum absolute atomic E-state index is 0.0717. The lowest BCUT2D eigenvalue weighted by Gasteiger charge is -2.16. The Hall–Kier alpha value is -0.580. The molecule has 0 amide bonds. The SMILES string of the molecule is CC1CCCC(NS(=O)(=O)c2ccc(CCCl)cc2)CC1. The number of hydrogen-bond acceptors (Lipinski definition) is 2. The summed E-state index contributed by atoms with van der Waals surface area (Å²) in [4.78, 5) is 0.345. The van der Waals surface area contributed by atoms with Crippen molar-refractivity contribution in [1.82, 2.24) is 4.72 Å². The summed E-state index contributed by atoms with van der Waals surface area (Å²) in [6.45, 7) is 2.24. The summed E-state index contributed by atoms with van der Waals surface area (Å²) in [5.41, 5.74) is 1.06. The fraction of sp³-hybridized carbons (Fsp3) is 0.625. The van der Waals surface area contributed by atoms with E-state index in [0.717, 1.165) is 37.7 Å². The van der Waals surface area contributed by atoms with Crippen molar-refractivity contribution in [1.29, 1.82) is 0 Å². The molecule has 118 valence electrons. The van der Waals surface area contributed by atoms with Gasteiger partial charge in [-0.3, -0.25) is 0 Å². The lowest BCUT2D eigenvalue weighted by Crippen LogP contribution is -2.34. The second-order valence-electron chi connectivity index (χ2n) is 6.01. The zero-order valence-corrected chi connectivity index (χ0v) is 14.1. The van der Waals surface area contributed by atoms with E-state index >= 15 is 0 Å². The highest BCUT2D eigenvalue weighted by Gasteiger charge is 2.22. The molecule has 21 heavy (non-hydrogen) atoms. The van der Waals surface area contributed by atoms with E-state index in [1.165, 1.54) is 6.42 Å². The molecule has 2 unspecified atom stereocenters. The first-order chi connectivity index (χ1) is 10.0. The first kappa shape index (κ1) is 16.8. The molecule has 1 saturated carbocycles. The van der Waals surface area contributed by atoms with Gasteiger partial charge in [-0.2, -0.15) is 0 Å². The summed E-state index contributed by atoms with van der Waals surface area (Å²) in [5.74, 6) is 1.25. The Morgan fingerprint density at radius 2 is 1.86 bits per heavy atom. The number of alkyl halides is 1. The molecule has 0 aromatic heterocycles. The summed E-state index contributed by atoms with van der Waals surface area (Å²) >= 11 is 5.69. The maximum atomic E-state index is 12.4. The summed E-state index contributed by atoms with van der Waals surface area (Å²) < 4.78 is 27.7. The molecule has 0 heterocycles. The van der Waals surface area contributed by atoms with Crippen molar-refractivity contribution in [2.45, 2.75) is 56.4 Å². The minimum Gasteiger partial charge on any atom is -0.208 e. The number of benzene rings is 1. The topological polar surface area (TPSA) is 46.2 Å². The first-order valence-corrected chi connectivity index (χ1v) is 9.70. The zero-order chi connectivity index (χ0) is 15.3. The maximum Gasteiger partial charge on any atom is 0.240 e. The molecule has 1 fully saturated rings. The molecule has 5 heteroatoms. The zero-order valence-electron chi connectivity index (χ0n) is 12.5. The second kappa shape index (κ2) is 7.61. The summed E-state index contributed by atoms with van der Waals surface area (Å²) in [6.07, 6.45) is 6.03. The van der Waals surface area contributed by atoms with Crippen LogP contribution < -0.4 is 4.72 Å². The largest absolute Gasteiger partial charge is 0.240 e. The van der Waals surface area contributed by atoms with Crippen molar-refractivity contribution in [3.8, 4) is 0 Å². The number of nitrogens with one attached hydrogen (secondary N) is 1. The minimum atomic E-state index is -3.41. The van der Waals surface area contributed by atoms with Gasteiger partial charge in [0.05, 0.1) is 4.90 Å². The van der Waals surface area contributed by atoms with E-state index < -0.39 is 10.0 Å². The molecule has 3 nitrogen and oxygen atoms in total. The molecule has 0 aliphatic heterocycles. The van der Waals surface area contributed by atoms with Gasteiger partial charge in [-0.1, -0.05) is 31.9 Å². The average molecular weight is 330 g/mol. The molecule has 0 radical (unpaired) electrons. The molecule has 2 rings (SSSR count). The Morgan fingerprint density at radius 3 is 2.52 bits per heavy atom. The standard InChI is InChI=1S/C16H24ClNO2S/c1-13-3-2-4-15(8-5-13)18-21(19,20)16-9-6-14(7-10-16)11-12-17/h6-7,9-10,13,15,18H,2-5,8,11-12H2,1H3. The molecule has 1 aromatic carbocycles. The van der Waals surface area contributed by atoms with E-state index in [-0.39, 0.29) is 6.04 Å². The van der Waals surface area contributed by atoms with Crippen LogP contribution in [0.2, 0.25) is 0 Å². The first-order valence-electron chi connectivity index (χ1n) is 7.68. The number of sulfonamides is 1. The van der Waals surface area contributed by atoms with Crippen LogP contribution in [0.5, 0.6) is 0 Å². The van der Waals surface area contributed by atoms with Crippen molar-refractivity contribution < 1.29 is 8.42 Å². The Morgan fingerprint density at radius 1 is 1.14 bits per heavy atom. The van der Waals surface area contributed by atoms with Crippen LogP contribution in [-0.2, 0) is 16.4 Å². The van der Waals surface area contributed by atoms with E-state index in [9.17, 15) is 8.42 Å². The normalized spacial score (nSPS) is 23.7. The summed E-state index contributed by atoms with van der Waals surface area (Å²) in [7, 11) is -3.41. The number of halogens is 1. The van der Waals surface area contributed by atoms with Gasteiger partial charge in [0.2, 0.25) is 10.0 Å². The molecule has 2 atom stereocenters. The summed E-state index contributed by atoms with van der Waals surface area (Å²) in [6, 6.07) is 7.09. The third-order valence-corrected chi connectivity index (χ3v) is 5.92. The van der Waals surface area contributed by atoms with Gasteiger partial charge in [0, 0.05) is 11.9 Å². The molecular formula is C16H24ClNO2S. The van der Waals surface area contributed by atoms with Gasteiger partial charge < -0.3 is 0 Å². The Bertz CT molecular complexity index is 542. The number of rotatable bonds is 5. The fourth-order valence-corrected chi connectivity index (χ4v) is 4.36. The molecule has 1 aliphatic rings. The monoisotopic (exact) mass is 329 g/mol. The smallest absolute Gasteiger partial charge is 0.208 e. The highest BCUT2D eigenvalue weighted by atomic mass is 35.5. The third kappa shape index (κ3) is 4.97.